The first-order chi connectivity index (χ1) is 19.0. The molecular formula is C32H36N4O4. The van der Waals surface area contributed by atoms with Gasteiger partial charge in [-0.1, -0.05) is 24.3 Å². The van der Waals surface area contributed by atoms with Gasteiger partial charge in [-0.3, -0.25) is 19.9 Å². The first-order valence-corrected chi connectivity index (χ1v) is 12.6. The molecular weight excluding hydrogens is 504 g/mol. The Labute approximate surface area is 235 Å². The van der Waals surface area contributed by atoms with E-state index in [1.807, 2.05) is 64.1 Å². The van der Waals surface area contributed by atoms with E-state index in [9.17, 15) is 0 Å². The molecule has 2 aromatic carbocycles. The van der Waals surface area contributed by atoms with Gasteiger partial charge in [0.2, 0.25) is 0 Å². The van der Waals surface area contributed by atoms with Crippen molar-refractivity contribution in [1.29, 1.82) is 0 Å². The van der Waals surface area contributed by atoms with Gasteiger partial charge in [-0.2, -0.15) is 0 Å². The Balaban J connectivity index is 0.000000188. The molecule has 0 unspecified atom stereocenters. The van der Waals surface area contributed by atoms with E-state index in [0.717, 1.165) is 34.2 Å². The highest BCUT2D eigenvalue weighted by molar-refractivity contribution is 5.52. The predicted molar refractivity (Wildman–Crippen MR) is 157 cm³/mol. The molecule has 0 saturated carbocycles. The Morgan fingerprint density at radius 3 is 0.925 bits per heavy atom. The first-order valence-electron chi connectivity index (χ1n) is 12.6. The van der Waals surface area contributed by atoms with E-state index in [2.05, 4.69) is 19.9 Å². The van der Waals surface area contributed by atoms with Crippen LogP contribution in [0.15, 0.2) is 85.2 Å². The summed E-state index contributed by atoms with van der Waals surface area (Å²) >= 11 is 0. The third-order valence-electron chi connectivity index (χ3n) is 5.86. The van der Waals surface area contributed by atoms with Crippen molar-refractivity contribution in [3.05, 3.63) is 119 Å². The number of aromatic nitrogens is 4. The molecule has 5 rings (SSSR count). The molecule has 40 heavy (non-hydrogen) atoms. The molecule has 0 bridgehead atoms. The predicted octanol–water partition coefficient (Wildman–Crippen LogP) is 6.67. The van der Waals surface area contributed by atoms with Crippen LogP contribution in [0.3, 0.4) is 0 Å². The molecule has 0 atom stereocenters. The highest BCUT2D eigenvalue weighted by atomic mass is 16.3. The van der Waals surface area contributed by atoms with Gasteiger partial charge in [-0.25, -0.2) is 0 Å². The van der Waals surface area contributed by atoms with E-state index in [-0.39, 0.29) is 23.0 Å². The van der Waals surface area contributed by atoms with Crippen LogP contribution in [-0.4, -0.2) is 40.4 Å². The molecule has 0 aliphatic heterocycles. The molecule has 3 heterocycles. The summed E-state index contributed by atoms with van der Waals surface area (Å²) in [5.41, 5.74) is 7.00. The maximum atomic E-state index is 8.94. The fourth-order valence-electron chi connectivity index (χ4n) is 3.08. The second kappa shape index (κ2) is 15.4. The SMILES string of the molecule is Cc1c(O)cccc1O.Cc1c(O)cccc1O.Cc1nc(C)c(C)nc1C.c1ccc(-c2ccccn2)nc1. The summed E-state index contributed by atoms with van der Waals surface area (Å²) in [6, 6.07) is 20.9. The summed E-state index contributed by atoms with van der Waals surface area (Å²) in [5, 5.41) is 35.8. The minimum atomic E-state index is 0.134. The van der Waals surface area contributed by atoms with Crippen LogP contribution < -0.4 is 0 Å². The van der Waals surface area contributed by atoms with Crippen LogP contribution in [0, 0.1) is 41.5 Å². The van der Waals surface area contributed by atoms with Crippen LogP contribution >= 0.6 is 0 Å². The normalized spacial score (nSPS) is 9.65. The largest absolute Gasteiger partial charge is 0.508 e. The molecule has 8 heteroatoms. The van der Waals surface area contributed by atoms with Gasteiger partial charge in [-0.15, -0.1) is 0 Å². The number of benzene rings is 2. The fourth-order valence-corrected chi connectivity index (χ4v) is 3.08. The number of phenolic OH excluding ortho intramolecular Hbond substituents is 4. The van der Waals surface area contributed by atoms with Crippen molar-refractivity contribution in [3.8, 4) is 34.4 Å². The molecule has 0 spiro atoms. The van der Waals surface area contributed by atoms with Crippen molar-refractivity contribution in [3.63, 3.8) is 0 Å². The van der Waals surface area contributed by atoms with Crippen molar-refractivity contribution in [2.24, 2.45) is 0 Å². The van der Waals surface area contributed by atoms with Crippen LogP contribution in [0.1, 0.15) is 33.9 Å². The average molecular weight is 541 g/mol. The molecule has 8 nitrogen and oxygen atoms in total. The van der Waals surface area contributed by atoms with E-state index in [1.165, 1.54) is 24.3 Å². The van der Waals surface area contributed by atoms with Crippen LogP contribution in [-0.2, 0) is 0 Å². The van der Waals surface area contributed by atoms with Gasteiger partial charge in [0.25, 0.3) is 0 Å². The number of aryl methyl sites for hydroxylation is 4. The molecule has 4 N–H and O–H groups in total. The number of aromatic hydroxyl groups is 4. The van der Waals surface area contributed by atoms with Crippen molar-refractivity contribution in [1.82, 2.24) is 19.9 Å². The van der Waals surface area contributed by atoms with Gasteiger partial charge in [0.1, 0.15) is 23.0 Å². The lowest BCUT2D eigenvalue weighted by Crippen LogP contribution is -1.97. The zero-order valence-corrected chi connectivity index (χ0v) is 23.7. The van der Waals surface area contributed by atoms with E-state index in [1.54, 1.807) is 38.4 Å². The minimum Gasteiger partial charge on any atom is -0.508 e. The summed E-state index contributed by atoms with van der Waals surface area (Å²) in [4.78, 5) is 17.0. The highest BCUT2D eigenvalue weighted by Gasteiger charge is 2.00. The molecule has 0 radical (unpaired) electrons. The fraction of sp³-hybridized carbons (Fsp3) is 0.188. The number of hydrogen-bond acceptors (Lipinski definition) is 8. The Bertz CT molecular complexity index is 1320. The smallest absolute Gasteiger partial charge is 0.122 e. The maximum absolute atomic E-state index is 8.94. The van der Waals surface area contributed by atoms with Crippen LogP contribution in [0.25, 0.3) is 11.4 Å². The molecule has 3 aromatic heterocycles. The molecule has 0 aliphatic rings. The van der Waals surface area contributed by atoms with Crippen LogP contribution in [0.5, 0.6) is 23.0 Å². The summed E-state index contributed by atoms with van der Waals surface area (Å²) < 4.78 is 0. The summed E-state index contributed by atoms with van der Waals surface area (Å²) in [5.74, 6) is 0.537. The Morgan fingerprint density at radius 2 is 0.700 bits per heavy atom. The van der Waals surface area contributed by atoms with Crippen molar-refractivity contribution >= 4 is 0 Å². The number of phenols is 4. The first kappa shape index (κ1) is 31.2. The number of hydrogen-bond donors (Lipinski definition) is 4. The number of rotatable bonds is 1. The zero-order valence-electron chi connectivity index (χ0n) is 23.7. The van der Waals surface area contributed by atoms with E-state index in [0.29, 0.717) is 11.1 Å². The standard InChI is InChI=1S/C10H8N2.C8H12N2.2C7H8O2/c1-3-7-11-9(5-1)10-6-2-4-8-12-10;1-5-6(2)10-8(4)7(3)9-5;2*1-5-6(8)3-2-4-7(5)9/h1-8H;1-4H3;2*2-4,8-9H,1H3. The molecule has 208 valence electrons. The van der Waals surface area contributed by atoms with Crippen molar-refractivity contribution in [2.45, 2.75) is 41.5 Å². The van der Waals surface area contributed by atoms with Gasteiger partial charge in [-0.05, 0) is 90.1 Å². The van der Waals surface area contributed by atoms with Gasteiger partial charge in [0, 0.05) is 23.5 Å². The Kier molecular flexibility index (Phi) is 12.1. The lowest BCUT2D eigenvalue weighted by atomic mass is 10.2. The lowest BCUT2D eigenvalue weighted by molar-refractivity contribution is 0.442. The average Bonchev–Trinajstić information content (AvgIpc) is 2.95. The van der Waals surface area contributed by atoms with E-state index < -0.39 is 0 Å². The molecule has 0 amide bonds. The third-order valence-corrected chi connectivity index (χ3v) is 5.86. The lowest BCUT2D eigenvalue weighted by Gasteiger charge is -2.01. The third kappa shape index (κ3) is 9.72. The van der Waals surface area contributed by atoms with Crippen molar-refractivity contribution < 1.29 is 20.4 Å². The van der Waals surface area contributed by atoms with Gasteiger partial charge < -0.3 is 20.4 Å². The molecule has 0 aliphatic carbocycles. The second-order valence-corrected chi connectivity index (χ2v) is 8.84. The maximum Gasteiger partial charge on any atom is 0.122 e. The summed E-state index contributed by atoms with van der Waals surface area (Å²) in [6.07, 6.45) is 3.54. The van der Waals surface area contributed by atoms with Crippen molar-refractivity contribution in [2.75, 3.05) is 0 Å². The van der Waals surface area contributed by atoms with Crippen LogP contribution in [0.4, 0.5) is 0 Å². The monoisotopic (exact) mass is 540 g/mol. The minimum absolute atomic E-state index is 0.134. The van der Waals surface area contributed by atoms with Gasteiger partial charge in [0.15, 0.2) is 0 Å². The Morgan fingerprint density at radius 1 is 0.400 bits per heavy atom. The van der Waals surface area contributed by atoms with Gasteiger partial charge in [0.05, 0.1) is 34.2 Å². The zero-order chi connectivity index (χ0) is 29.7. The van der Waals surface area contributed by atoms with Gasteiger partial charge >= 0.3 is 0 Å². The summed E-state index contributed by atoms with van der Waals surface area (Å²) in [6.45, 7) is 11.2. The molecule has 0 fully saturated rings. The quantitative estimate of drug-likeness (QED) is 0.185. The van der Waals surface area contributed by atoms with E-state index in [4.69, 9.17) is 20.4 Å². The topological polar surface area (TPSA) is 132 Å². The molecule has 5 aromatic rings. The molecule has 0 saturated heterocycles. The highest BCUT2D eigenvalue weighted by Crippen LogP contribution is 2.24. The van der Waals surface area contributed by atoms with Crippen LogP contribution in [0.2, 0.25) is 0 Å². The number of nitrogens with zero attached hydrogens (tertiary/aromatic N) is 4. The Hall–Kier alpha value is -4.98. The number of pyridine rings is 2. The second-order valence-electron chi connectivity index (χ2n) is 8.84. The van der Waals surface area contributed by atoms with E-state index >= 15 is 0 Å². The summed E-state index contributed by atoms with van der Waals surface area (Å²) in [7, 11) is 0.